The SMILES string of the molecule is OCc1ccc2ccn(CC(F)(F)F)c2c1. The van der Waals surface area contributed by atoms with Gasteiger partial charge in [0.05, 0.1) is 6.61 Å². The molecule has 0 unspecified atom stereocenters. The van der Waals surface area contributed by atoms with E-state index in [4.69, 9.17) is 5.11 Å². The van der Waals surface area contributed by atoms with Crippen molar-refractivity contribution in [1.82, 2.24) is 4.57 Å². The predicted octanol–water partition coefficient (Wildman–Crippen LogP) is 2.70. The van der Waals surface area contributed by atoms with Gasteiger partial charge in [-0.1, -0.05) is 12.1 Å². The molecule has 0 saturated carbocycles. The first-order valence-electron chi connectivity index (χ1n) is 4.75. The number of rotatable bonds is 2. The van der Waals surface area contributed by atoms with E-state index >= 15 is 0 Å². The maximum Gasteiger partial charge on any atom is 0.406 e. The topological polar surface area (TPSA) is 25.2 Å². The van der Waals surface area contributed by atoms with Gasteiger partial charge in [0.15, 0.2) is 0 Å². The monoisotopic (exact) mass is 229 g/mol. The van der Waals surface area contributed by atoms with Gasteiger partial charge in [0, 0.05) is 11.7 Å². The highest BCUT2D eigenvalue weighted by atomic mass is 19.4. The maximum atomic E-state index is 12.3. The molecule has 0 fully saturated rings. The Hall–Kier alpha value is -1.49. The Labute approximate surface area is 89.9 Å². The molecule has 86 valence electrons. The summed E-state index contributed by atoms with van der Waals surface area (Å²) in [7, 11) is 0. The number of nitrogens with zero attached hydrogens (tertiary/aromatic N) is 1. The van der Waals surface area contributed by atoms with E-state index in [1.165, 1.54) is 6.20 Å². The zero-order valence-electron chi connectivity index (χ0n) is 8.33. The fourth-order valence-electron chi connectivity index (χ4n) is 1.66. The van der Waals surface area contributed by atoms with Crippen LogP contribution < -0.4 is 0 Å². The third kappa shape index (κ3) is 2.19. The minimum atomic E-state index is -4.23. The molecule has 0 aliphatic rings. The molecule has 0 aliphatic heterocycles. The molecule has 1 heterocycles. The molecule has 1 N–H and O–H groups in total. The second-order valence-electron chi connectivity index (χ2n) is 3.61. The van der Waals surface area contributed by atoms with Crippen molar-refractivity contribution in [1.29, 1.82) is 0 Å². The van der Waals surface area contributed by atoms with Crippen molar-refractivity contribution < 1.29 is 18.3 Å². The van der Waals surface area contributed by atoms with Crippen LogP contribution in [0.1, 0.15) is 5.56 Å². The average molecular weight is 229 g/mol. The van der Waals surface area contributed by atoms with E-state index in [0.717, 1.165) is 9.95 Å². The first-order valence-corrected chi connectivity index (χ1v) is 4.75. The van der Waals surface area contributed by atoms with Crippen LogP contribution in [0.5, 0.6) is 0 Å². The first kappa shape index (κ1) is 11.0. The fourth-order valence-corrected chi connectivity index (χ4v) is 1.66. The minimum absolute atomic E-state index is 0.173. The Bertz CT molecular complexity index is 501. The summed E-state index contributed by atoms with van der Waals surface area (Å²) in [6.07, 6.45) is -2.83. The zero-order chi connectivity index (χ0) is 11.8. The van der Waals surface area contributed by atoms with E-state index in [9.17, 15) is 13.2 Å². The van der Waals surface area contributed by atoms with E-state index in [1.807, 2.05) is 0 Å². The maximum absolute atomic E-state index is 12.3. The number of aliphatic hydroxyl groups is 1. The number of aliphatic hydroxyl groups excluding tert-OH is 1. The summed E-state index contributed by atoms with van der Waals surface area (Å²) in [5, 5.41) is 9.66. The van der Waals surface area contributed by atoms with Gasteiger partial charge in [-0.25, -0.2) is 0 Å². The van der Waals surface area contributed by atoms with Gasteiger partial charge < -0.3 is 9.67 Å². The molecular formula is C11H10F3NO. The van der Waals surface area contributed by atoms with Crippen LogP contribution in [0.2, 0.25) is 0 Å². The summed E-state index contributed by atoms with van der Waals surface area (Å²) in [5.74, 6) is 0. The number of hydrogen-bond donors (Lipinski definition) is 1. The van der Waals surface area contributed by atoms with Crippen LogP contribution >= 0.6 is 0 Å². The quantitative estimate of drug-likeness (QED) is 0.841. The molecule has 0 atom stereocenters. The molecule has 2 nitrogen and oxygen atoms in total. The van der Waals surface area contributed by atoms with Crippen molar-refractivity contribution in [3.8, 4) is 0 Å². The molecule has 2 aromatic rings. The highest BCUT2D eigenvalue weighted by Crippen LogP contribution is 2.23. The highest BCUT2D eigenvalue weighted by Gasteiger charge is 2.28. The molecule has 0 aliphatic carbocycles. The zero-order valence-corrected chi connectivity index (χ0v) is 8.33. The third-order valence-corrected chi connectivity index (χ3v) is 2.37. The van der Waals surface area contributed by atoms with Crippen molar-refractivity contribution >= 4 is 10.9 Å². The van der Waals surface area contributed by atoms with Gasteiger partial charge in [0.25, 0.3) is 0 Å². The number of fused-ring (bicyclic) bond motifs is 1. The number of benzene rings is 1. The van der Waals surface area contributed by atoms with E-state index in [2.05, 4.69) is 0 Å². The molecule has 5 heteroatoms. The number of hydrogen-bond acceptors (Lipinski definition) is 1. The molecule has 1 aromatic carbocycles. The largest absolute Gasteiger partial charge is 0.406 e. The third-order valence-electron chi connectivity index (χ3n) is 2.37. The average Bonchev–Trinajstić information content (AvgIpc) is 2.58. The first-order chi connectivity index (χ1) is 7.49. The lowest BCUT2D eigenvalue weighted by Crippen LogP contribution is -2.16. The van der Waals surface area contributed by atoms with Crippen LogP contribution in [-0.2, 0) is 13.2 Å². The molecule has 16 heavy (non-hydrogen) atoms. The fraction of sp³-hybridized carbons (Fsp3) is 0.273. The van der Waals surface area contributed by atoms with Crippen LogP contribution in [0.4, 0.5) is 13.2 Å². The predicted molar refractivity (Wildman–Crippen MR) is 53.9 cm³/mol. The van der Waals surface area contributed by atoms with Crippen molar-refractivity contribution in [3.05, 3.63) is 36.0 Å². The van der Waals surface area contributed by atoms with Gasteiger partial charge in [-0.05, 0) is 23.1 Å². The Morgan fingerprint density at radius 3 is 2.56 bits per heavy atom. The van der Waals surface area contributed by atoms with Gasteiger partial charge in [0.2, 0.25) is 0 Å². The van der Waals surface area contributed by atoms with Gasteiger partial charge in [-0.3, -0.25) is 0 Å². The molecule has 0 saturated heterocycles. The van der Waals surface area contributed by atoms with Crippen LogP contribution in [0, 0.1) is 0 Å². The molecule has 0 amide bonds. The summed E-state index contributed by atoms with van der Waals surface area (Å²) < 4.78 is 37.9. The Kier molecular flexibility index (Phi) is 2.63. The van der Waals surface area contributed by atoms with Crippen LogP contribution in [0.15, 0.2) is 30.5 Å². The second-order valence-corrected chi connectivity index (χ2v) is 3.61. The lowest BCUT2D eigenvalue weighted by atomic mass is 10.2. The van der Waals surface area contributed by atoms with Crippen molar-refractivity contribution in [2.45, 2.75) is 19.3 Å². The van der Waals surface area contributed by atoms with Gasteiger partial charge >= 0.3 is 6.18 Å². The summed E-state index contributed by atoms with van der Waals surface area (Å²) in [4.78, 5) is 0. The van der Waals surface area contributed by atoms with Crippen molar-refractivity contribution in [2.24, 2.45) is 0 Å². The summed E-state index contributed by atoms with van der Waals surface area (Å²) in [6.45, 7) is -1.18. The van der Waals surface area contributed by atoms with Gasteiger partial charge in [-0.15, -0.1) is 0 Å². The molecule has 2 rings (SSSR count). The van der Waals surface area contributed by atoms with Crippen LogP contribution in [0.3, 0.4) is 0 Å². The van der Waals surface area contributed by atoms with Gasteiger partial charge in [-0.2, -0.15) is 13.2 Å². The summed E-state index contributed by atoms with van der Waals surface area (Å²) in [6, 6.07) is 6.59. The number of halogens is 3. The normalized spacial score (nSPS) is 12.2. The molecule has 1 aromatic heterocycles. The second kappa shape index (κ2) is 3.83. The molecule has 0 spiro atoms. The van der Waals surface area contributed by atoms with E-state index in [-0.39, 0.29) is 6.61 Å². The lowest BCUT2D eigenvalue weighted by Gasteiger charge is -2.09. The van der Waals surface area contributed by atoms with E-state index < -0.39 is 12.7 Å². The Morgan fingerprint density at radius 2 is 1.94 bits per heavy atom. The summed E-state index contributed by atoms with van der Waals surface area (Å²) >= 11 is 0. The molecular weight excluding hydrogens is 219 g/mol. The molecule has 0 bridgehead atoms. The highest BCUT2D eigenvalue weighted by molar-refractivity contribution is 5.80. The van der Waals surface area contributed by atoms with Crippen LogP contribution in [0.25, 0.3) is 10.9 Å². The summed E-state index contributed by atoms with van der Waals surface area (Å²) in [5.41, 5.74) is 1.10. The van der Waals surface area contributed by atoms with Crippen LogP contribution in [-0.4, -0.2) is 15.8 Å². The van der Waals surface area contributed by atoms with E-state index in [0.29, 0.717) is 11.1 Å². The standard InChI is InChI=1S/C11H10F3NO/c12-11(13,14)7-15-4-3-9-2-1-8(6-16)5-10(9)15/h1-5,16H,6-7H2. The van der Waals surface area contributed by atoms with Crippen molar-refractivity contribution in [3.63, 3.8) is 0 Å². The Morgan fingerprint density at radius 1 is 1.19 bits per heavy atom. The molecule has 0 radical (unpaired) electrons. The van der Waals surface area contributed by atoms with Crippen molar-refractivity contribution in [2.75, 3.05) is 0 Å². The number of aromatic nitrogens is 1. The minimum Gasteiger partial charge on any atom is -0.392 e. The lowest BCUT2D eigenvalue weighted by molar-refractivity contribution is -0.139. The smallest absolute Gasteiger partial charge is 0.392 e. The van der Waals surface area contributed by atoms with E-state index in [1.54, 1.807) is 24.3 Å². The van der Waals surface area contributed by atoms with Gasteiger partial charge in [0.1, 0.15) is 6.54 Å². The number of alkyl halides is 3. The Balaban J connectivity index is 2.46.